The molecule has 4 heterocycles. The standard InChI is InChI=1S/C32H40NO6/c1-23(37-30(34)24-16-19-36-22-24)39-32(25-10-4-2-5-11-25,26-12-6-3-7-13-26)31(35)38-29-20-27-14-15-28(21-29)33(27)17-8-9-18-33/h2-7,10-13,23-24,27-29H,8-9,14-22H2,1H3/q+1/t23-,24-,27?,28?,29?/m1/s1. The van der Waals surface area contributed by atoms with Gasteiger partial charge < -0.3 is 23.4 Å². The van der Waals surface area contributed by atoms with E-state index in [1.54, 1.807) is 6.92 Å². The first-order chi connectivity index (χ1) is 19.0. The smallest absolute Gasteiger partial charge is 0.348 e. The van der Waals surface area contributed by atoms with Gasteiger partial charge in [-0.05, 0) is 24.5 Å². The summed E-state index contributed by atoms with van der Waals surface area (Å²) in [4.78, 5) is 27.2. The highest BCUT2D eigenvalue weighted by atomic mass is 16.7. The Morgan fingerprint density at radius 3 is 2.03 bits per heavy atom. The van der Waals surface area contributed by atoms with Crippen LogP contribution in [0.25, 0.3) is 0 Å². The van der Waals surface area contributed by atoms with E-state index in [0.717, 1.165) is 12.8 Å². The molecule has 0 amide bonds. The number of rotatable bonds is 8. The predicted molar refractivity (Wildman–Crippen MR) is 144 cm³/mol. The van der Waals surface area contributed by atoms with Crippen LogP contribution in [-0.2, 0) is 34.1 Å². The van der Waals surface area contributed by atoms with Gasteiger partial charge in [0.15, 0.2) is 0 Å². The Morgan fingerprint density at radius 2 is 1.49 bits per heavy atom. The molecule has 7 heteroatoms. The van der Waals surface area contributed by atoms with Crippen molar-refractivity contribution < 1.29 is 33.0 Å². The van der Waals surface area contributed by atoms with E-state index in [1.807, 2.05) is 60.7 Å². The Kier molecular flexibility index (Phi) is 7.49. The number of carbonyl (C=O) groups excluding carboxylic acids is 2. The van der Waals surface area contributed by atoms with Crippen molar-refractivity contribution in [3.63, 3.8) is 0 Å². The summed E-state index contributed by atoms with van der Waals surface area (Å²) in [7, 11) is 0. The van der Waals surface area contributed by atoms with E-state index in [4.69, 9.17) is 18.9 Å². The van der Waals surface area contributed by atoms with Gasteiger partial charge in [0.1, 0.15) is 6.10 Å². The van der Waals surface area contributed by atoms with Gasteiger partial charge in [0.25, 0.3) is 0 Å². The Bertz CT molecular complexity index is 1090. The maximum Gasteiger partial charge on any atom is 0.348 e. The fraction of sp³-hybridized carbons (Fsp3) is 0.562. The predicted octanol–water partition coefficient (Wildman–Crippen LogP) is 4.72. The summed E-state index contributed by atoms with van der Waals surface area (Å²) < 4.78 is 25.3. The van der Waals surface area contributed by atoms with Crippen molar-refractivity contribution in [1.82, 2.24) is 0 Å². The Hall–Kier alpha value is -2.74. The molecule has 0 N–H and O–H groups in total. The quantitative estimate of drug-likeness (QED) is 0.277. The second kappa shape index (κ2) is 11.0. The molecule has 2 aromatic rings. The lowest BCUT2D eigenvalue weighted by molar-refractivity contribution is -0.956. The summed E-state index contributed by atoms with van der Waals surface area (Å²) in [5.41, 5.74) is -0.282. The lowest BCUT2D eigenvalue weighted by Crippen LogP contribution is -2.60. The molecule has 0 radical (unpaired) electrons. The molecule has 2 unspecified atom stereocenters. The highest BCUT2D eigenvalue weighted by molar-refractivity contribution is 5.86. The average Bonchev–Trinajstić information content (AvgIpc) is 3.70. The van der Waals surface area contributed by atoms with Crippen molar-refractivity contribution in [2.45, 2.75) is 81.9 Å². The molecule has 4 fully saturated rings. The third-order valence-electron chi connectivity index (χ3n) is 9.57. The van der Waals surface area contributed by atoms with Gasteiger partial charge in [0.2, 0.25) is 11.9 Å². The molecule has 0 saturated carbocycles. The van der Waals surface area contributed by atoms with Crippen LogP contribution in [0.2, 0.25) is 0 Å². The van der Waals surface area contributed by atoms with Gasteiger partial charge in [0.05, 0.1) is 37.7 Å². The van der Waals surface area contributed by atoms with E-state index < -0.39 is 17.9 Å². The number of hydrogen-bond donors (Lipinski definition) is 0. The van der Waals surface area contributed by atoms with Crippen molar-refractivity contribution in [2.24, 2.45) is 5.92 Å². The maximum absolute atomic E-state index is 14.4. The molecule has 0 aliphatic carbocycles. The van der Waals surface area contributed by atoms with Gasteiger partial charge in [-0.1, -0.05) is 60.7 Å². The molecule has 6 rings (SSSR count). The van der Waals surface area contributed by atoms with E-state index in [9.17, 15) is 9.59 Å². The molecule has 2 bridgehead atoms. The third kappa shape index (κ3) is 4.90. The summed E-state index contributed by atoms with van der Waals surface area (Å²) >= 11 is 0. The fourth-order valence-electron chi connectivity index (χ4n) is 7.73. The summed E-state index contributed by atoms with van der Waals surface area (Å²) in [6, 6.07) is 20.0. The molecule has 39 heavy (non-hydrogen) atoms. The van der Waals surface area contributed by atoms with Gasteiger partial charge >= 0.3 is 11.9 Å². The van der Waals surface area contributed by atoms with Crippen LogP contribution in [0.5, 0.6) is 0 Å². The minimum absolute atomic E-state index is 0.150. The average molecular weight is 535 g/mol. The highest BCUT2D eigenvalue weighted by Gasteiger charge is 2.57. The van der Waals surface area contributed by atoms with Crippen molar-refractivity contribution in [3.05, 3.63) is 71.8 Å². The summed E-state index contributed by atoms with van der Waals surface area (Å²) in [5, 5.41) is 0. The molecule has 208 valence electrons. The first kappa shape index (κ1) is 26.5. The van der Waals surface area contributed by atoms with Crippen LogP contribution >= 0.6 is 0 Å². The van der Waals surface area contributed by atoms with Crippen molar-refractivity contribution in [1.29, 1.82) is 0 Å². The highest BCUT2D eigenvalue weighted by Crippen LogP contribution is 2.47. The molecular formula is C32H40NO6+. The third-order valence-corrected chi connectivity index (χ3v) is 9.57. The van der Waals surface area contributed by atoms with E-state index in [1.165, 1.54) is 43.3 Å². The molecule has 4 aliphatic rings. The van der Waals surface area contributed by atoms with Crippen LogP contribution in [0.4, 0.5) is 0 Å². The zero-order valence-electron chi connectivity index (χ0n) is 22.8. The molecule has 4 atom stereocenters. The number of esters is 2. The molecule has 4 aliphatic heterocycles. The van der Waals surface area contributed by atoms with Crippen molar-refractivity contribution in [2.75, 3.05) is 26.3 Å². The number of piperidine rings is 1. The van der Waals surface area contributed by atoms with Crippen LogP contribution in [0.3, 0.4) is 0 Å². The first-order valence-corrected chi connectivity index (χ1v) is 14.7. The molecule has 2 aromatic carbocycles. The topological polar surface area (TPSA) is 71.1 Å². The van der Waals surface area contributed by atoms with Gasteiger partial charge in [-0.25, -0.2) is 4.79 Å². The molecule has 4 saturated heterocycles. The zero-order chi connectivity index (χ0) is 26.9. The van der Waals surface area contributed by atoms with Crippen LogP contribution in [-0.4, -0.2) is 67.2 Å². The molecule has 0 aromatic heterocycles. The Morgan fingerprint density at radius 1 is 0.897 bits per heavy atom. The number of ether oxygens (including phenoxy) is 4. The first-order valence-electron chi connectivity index (χ1n) is 14.7. The zero-order valence-corrected chi connectivity index (χ0v) is 22.8. The Labute approximate surface area is 231 Å². The lowest BCUT2D eigenvalue weighted by atomic mass is 9.85. The van der Waals surface area contributed by atoms with Gasteiger partial charge in [-0.15, -0.1) is 0 Å². The lowest BCUT2D eigenvalue weighted by Gasteiger charge is -2.47. The van der Waals surface area contributed by atoms with E-state index in [-0.39, 0.29) is 18.0 Å². The maximum atomic E-state index is 14.4. The van der Waals surface area contributed by atoms with Crippen LogP contribution in [0, 0.1) is 5.92 Å². The number of quaternary nitrogens is 1. The largest absolute Gasteiger partial charge is 0.459 e. The molecular weight excluding hydrogens is 494 g/mol. The number of nitrogens with zero attached hydrogens (tertiary/aromatic N) is 1. The summed E-state index contributed by atoms with van der Waals surface area (Å²) in [6.07, 6.45) is 6.34. The van der Waals surface area contributed by atoms with Crippen LogP contribution < -0.4 is 0 Å². The number of benzene rings is 2. The monoisotopic (exact) mass is 534 g/mol. The summed E-state index contributed by atoms with van der Waals surface area (Å²) in [5.74, 6) is -1.14. The summed E-state index contributed by atoms with van der Waals surface area (Å²) in [6.45, 7) is 5.10. The molecule has 7 nitrogen and oxygen atoms in total. The van der Waals surface area contributed by atoms with E-state index in [0.29, 0.717) is 42.8 Å². The van der Waals surface area contributed by atoms with Crippen molar-refractivity contribution in [3.8, 4) is 0 Å². The van der Waals surface area contributed by atoms with Crippen LogP contribution in [0.15, 0.2) is 60.7 Å². The normalized spacial score (nSPS) is 28.3. The number of carbonyl (C=O) groups is 2. The van der Waals surface area contributed by atoms with E-state index >= 15 is 0 Å². The van der Waals surface area contributed by atoms with Crippen molar-refractivity contribution >= 4 is 11.9 Å². The second-order valence-corrected chi connectivity index (χ2v) is 11.7. The van der Waals surface area contributed by atoms with E-state index in [2.05, 4.69) is 0 Å². The minimum atomic E-state index is -1.58. The number of hydrogen-bond acceptors (Lipinski definition) is 6. The van der Waals surface area contributed by atoms with Gasteiger partial charge in [-0.3, -0.25) is 4.79 Å². The van der Waals surface area contributed by atoms with Gasteiger partial charge in [0, 0.05) is 45.1 Å². The Balaban J connectivity index is 1.29. The SMILES string of the molecule is C[C@H](OC(=O)[C@@H]1CCOC1)OC(C(=O)OC1CC2CCC(C1)[N+]21CCCC1)(c1ccccc1)c1ccccc1. The second-order valence-electron chi connectivity index (χ2n) is 11.7. The van der Waals surface area contributed by atoms with Gasteiger partial charge in [-0.2, -0.15) is 0 Å². The molecule has 1 spiro atoms. The van der Waals surface area contributed by atoms with Crippen LogP contribution in [0.1, 0.15) is 63.0 Å². The minimum Gasteiger partial charge on any atom is -0.459 e. The fourth-order valence-corrected chi connectivity index (χ4v) is 7.73.